The van der Waals surface area contributed by atoms with Crippen LogP contribution >= 0.6 is 0 Å². The number of carbonyl (C=O) groups is 2. The molecule has 1 aromatic rings. The van der Waals surface area contributed by atoms with Gasteiger partial charge in [-0.15, -0.1) is 0 Å². The summed E-state index contributed by atoms with van der Waals surface area (Å²) in [5.41, 5.74) is 0.829. The van der Waals surface area contributed by atoms with Crippen LogP contribution in [0.5, 0.6) is 0 Å². The third-order valence-corrected chi connectivity index (χ3v) is 5.33. The molecule has 0 saturated carbocycles. The van der Waals surface area contributed by atoms with E-state index < -0.39 is 0 Å². The van der Waals surface area contributed by atoms with Crippen LogP contribution in [0.25, 0.3) is 0 Å². The molecular formula is C19H30N4O2. The molecule has 25 heavy (non-hydrogen) atoms. The molecule has 0 spiro atoms. The van der Waals surface area contributed by atoms with E-state index in [-0.39, 0.29) is 17.9 Å². The highest BCUT2D eigenvalue weighted by molar-refractivity contribution is 5.78. The van der Waals surface area contributed by atoms with Crippen molar-refractivity contribution in [1.82, 2.24) is 19.4 Å². The molecular weight excluding hydrogens is 316 g/mol. The molecule has 0 bridgehead atoms. The van der Waals surface area contributed by atoms with Gasteiger partial charge < -0.3 is 14.4 Å². The Morgan fingerprint density at radius 2 is 1.88 bits per heavy atom. The van der Waals surface area contributed by atoms with Crippen molar-refractivity contribution in [3.05, 3.63) is 17.7 Å². The van der Waals surface area contributed by atoms with Crippen molar-refractivity contribution in [2.75, 3.05) is 19.6 Å². The Morgan fingerprint density at radius 1 is 1.16 bits per heavy atom. The molecule has 6 nitrogen and oxygen atoms in total. The maximum atomic E-state index is 12.5. The first-order chi connectivity index (χ1) is 12.0. The van der Waals surface area contributed by atoms with E-state index in [4.69, 9.17) is 4.98 Å². The number of rotatable bonds is 5. The third kappa shape index (κ3) is 4.05. The topological polar surface area (TPSA) is 58.4 Å². The molecule has 0 aliphatic carbocycles. The fourth-order valence-corrected chi connectivity index (χ4v) is 3.76. The molecule has 2 aliphatic rings. The van der Waals surface area contributed by atoms with Crippen LogP contribution in [-0.2, 0) is 22.6 Å². The standard InChI is InChI=1S/C19H30N4O2/c1-14(2)6-7-17(24)23-11-10-22-13-16(20-19(22)15(23)3)12-18(25)21-8-4-5-9-21/h13-15H,4-12H2,1-3H3/t15-/m0/s1. The summed E-state index contributed by atoms with van der Waals surface area (Å²) in [5, 5.41) is 0. The van der Waals surface area contributed by atoms with Gasteiger partial charge in [-0.25, -0.2) is 4.98 Å². The highest BCUT2D eigenvalue weighted by atomic mass is 16.2. The van der Waals surface area contributed by atoms with Crippen molar-refractivity contribution < 1.29 is 9.59 Å². The van der Waals surface area contributed by atoms with Gasteiger partial charge in [0, 0.05) is 38.8 Å². The summed E-state index contributed by atoms with van der Waals surface area (Å²) in [6, 6.07) is -0.0240. The van der Waals surface area contributed by atoms with Crippen molar-refractivity contribution in [3.8, 4) is 0 Å². The summed E-state index contributed by atoms with van der Waals surface area (Å²) >= 11 is 0. The third-order valence-electron chi connectivity index (χ3n) is 5.33. The number of imidazole rings is 1. The van der Waals surface area contributed by atoms with Crippen molar-refractivity contribution >= 4 is 11.8 Å². The van der Waals surface area contributed by atoms with Gasteiger partial charge >= 0.3 is 0 Å². The maximum Gasteiger partial charge on any atom is 0.228 e. The Labute approximate surface area is 150 Å². The van der Waals surface area contributed by atoms with Gasteiger partial charge in [-0.05, 0) is 32.1 Å². The Kier molecular flexibility index (Phi) is 5.45. The second kappa shape index (κ2) is 7.58. The molecule has 3 heterocycles. The van der Waals surface area contributed by atoms with E-state index in [0.29, 0.717) is 18.8 Å². The maximum absolute atomic E-state index is 12.5. The number of amides is 2. The molecule has 1 atom stereocenters. The Morgan fingerprint density at radius 3 is 2.56 bits per heavy atom. The smallest absolute Gasteiger partial charge is 0.228 e. The Balaban J connectivity index is 1.65. The quantitative estimate of drug-likeness (QED) is 0.822. The Hall–Kier alpha value is -1.85. The number of hydrogen-bond acceptors (Lipinski definition) is 3. The van der Waals surface area contributed by atoms with Crippen LogP contribution in [0.2, 0.25) is 0 Å². The van der Waals surface area contributed by atoms with Crippen LogP contribution in [0.4, 0.5) is 0 Å². The van der Waals surface area contributed by atoms with E-state index in [2.05, 4.69) is 18.4 Å². The average molecular weight is 346 g/mol. The van der Waals surface area contributed by atoms with Crippen molar-refractivity contribution in [2.45, 2.75) is 65.5 Å². The molecule has 3 rings (SSSR count). The predicted molar refractivity (Wildman–Crippen MR) is 95.9 cm³/mol. The van der Waals surface area contributed by atoms with Crippen LogP contribution < -0.4 is 0 Å². The van der Waals surface area contributed by atoms with Crippen molar-refractivity contribution in [1.29, 1.82) is 0 Å². The van der Waals surface area contributed by atoms with Gasteiger partial charge in [-0.2, -0.15) is 0 Å². The van der Waals surface area contributed by atoms with Crippen LogP contribution in [0.3, 0.4) is 0 Å². The minimum Gasteiger partial charge on any atom is -0.342 e. The SMILES string of the molecule is CC(C)CCC(=O)N1CCn2cc(CC(=O)N3CCCC3)nc2[C@@H]1C. The first-order valence-corrected chi connectivity index (χ1v) is 9.59. The van der Waals surface area contributed by atoms with E-state index in [1.165, 1.54) is 0 Å². The van der Waals surface area contributed by atoms with Gasteiger partial charge in [0.1, 0.15) is 5.82 Å². The molecule has 1 aromatic heterocycles. The zero-order valence-electron chi connectivity index (χ0n) is 15.7. The second-order valence-corrected chi connectivity index (χ2v) is 7.74. The van der Waals surface area contributed by atoms with Gasteiger partial charge in [0.2, 0.25) is 11.8 Å². The molecule has 0 unspecified atom stereocenters. The van der Waals surface area contributed by atoms with Crippen LogP contribution in [-0.4, -0.2) is 50.8 Å². The molecule has 2 amide bonds. The van der Waals surface area contributed by atoms with E-state index in [1.807, 2.05) is 22.9 Å². The summed E-state index contributed by atoms with van der Waals surface area (Å²) in [7, 11) is 0. The molecule has 2 aliphatic heterocycles. The van der Waals surface area contributed by atoms with Crippen LogP contribution in [0.15, 0.2) is 6.20 Å². The number of hydrogen-bond donors (Lipinski definition) is 0. The minimum atomic E-state index is -0.0240. The molecule has 0 aromatic carbocycles. The van der Waals surface area contributed by atoms with E-state index in [1.54, 1.807) is 0 Å². The Bertz CT molecular complexity index is 631. The van der Waals surface area contributed by atoms with Gasteiger partial charge in [0.05, 0.1) is 18.2 Å². The van der Waals surface area contributed by atoms with E-state index in [9.17, 15) is 9.59 Å². The van der Waals surface area contributed by atoms with Crippen molar-refractivity contribution in [3.63, 3.8) is 0 Å². The van der Waals surface area contributed by atoms with E-state index in [0.717, 1.165) is 57.0 Å². The fraction of sp³-hybridized carbons (Fsp3) is 0.737. The normalized spacial score (nSPS) is 20.2. The first kappa shape index (κ1) is 18.0. The fourth-order valence-electron chi connectivity index (χ4n) is 3.76. The van der Waals surface area contributed by atoms with E-state index >= 15 is 0 Å². The summed E-state index contributed by atoms with van der Waals surface area (Å²) in [6.45, 7) is 9.56. The molecule has 0 radical (unpaired) electrons. The number of nitrogens with zero attached hydrogens (tertiary/aromatic N) is 4. The number of fused-ring (bicyclic) bond motifs is 1. The number of aromatic nitrogens is 2. The zero-order valence-corrected chi connectivity index (χ0v) is 15.7. The molecule has 138 valence electrons. The van der Waals surface area contributed by atoms with Gasteiger partial charge in [-0.1, -0.05) is 13.8 Å². The highest BCUT2D eigenvalue weighted by Gasteiger charge is 2.30. The monoisotopic (exact) mass is 346 g/mol. The molecule has 1 saturated heterocycles. The van der Waals surface area contributed by atoms with Gasteiger partial charge in [0.15, 0.2) is 0 Å². The average Bonchev–Trinajstić information content (AvgIpc) is 3.22. The molecule has 6 heteroatoms. The number of likely N-dealkylation sites (tertiary alicyclic amines) is 1. The minimum absolute atomic E-state index is 0.0240. The lowest BCUT2D eigenvalue weighted by molar-refractivity contribution is -0.135. The predicted octanol–water partition coefficient (Wildman–Crippen LogP) is 2.39. The molecule has 1 fully saturated rings. The summed E-state index contributed by atoms with van der Waals surface area (Å²) in [6.07, 6.45) is 6.10. The summed E-state index contributed by atoms with van der Waals surface area (Å²) < 4.78 is 2.11. The largest absolute Gasteiger partial charge is 0.342 e. The molecule has 0 N–H and O–H groups in total. The highest BCUT2D eigenvalue weighted by Crippen LogP contribution is 2.26. The summed E-state index contributed by atoms with van der Waals surface area (Å²) in [4.78, 5) is 33.4. The lowest BCUT2D eigenvalue weighted by atomic mass is 10.1. The zero-order chi connectivity index (χ0) is 18.0. The second-order valence-electron chi connectivity index (χ2n) is 7.74. The lowest BCUT2D eigenvalue weighted by Gasteiger charge is -2.34. The van der Waals surface area contributed by atoms with Crippen molar-refractivity contribution in [2.24, 2.45) is 5.92 Å². The lowest BCUT2D eigenvalue weighted by Crippen LogP contribution is -2.41. The van der Waals surface area contributed by atoms with Crippen LogP contribution in [0, 0.1) is 5.92 Å². The van der Waals surface area contributed by atoms with Crippen LogP contribution in [0.1, 0.15) is 64.0 Å². The first-order valence-electron chi connectivity index (χ1n) is 9.59. The number of carbonyl (C=O) groups excluding carboxylic acids is 2. The summed E-state index contributed by atoms with van der Waals surface area (Å²) in [5.74, 6) is 1.83. The van der Waals surface area contributed by atoms with Gasteiger partial charge in [0.25, 0.3) is 0 Å². The van der Waals surface area contributed by atoms with Gasteiger partial charge in [-0.3, -0.25) is 9.59 Å².